The normalized spacial score (nSPS) is 35.6. The van der Waals surface area contributed by atoms with Gasteiger partial charge < -0.3 is 20.3 Å². The fourth-order valence-electron chi connectivity index (χ4n) is 7.89. The number of fused-ring (bicyclic) bond motifs is 2. The molecule has 4 bridgehead atoms. The number of phenolic OH excluding ortho intramolecular Hbond substituents is 2. The zero-order valence-electron chi connectivity index (χ0n) is 19.4. The first-order valence-corrected chi connectivity index (χ1v) is 12.8. The maximum atomic E-state index is 12.9. The average Bonchev–Trinajstić information content (AvgIpc) is 3.50. The van der Waals surface area contributed by atoms with Crippen molar-refractivity contribution in [1.82, 2.24) is 10.2 Å². The van der Waals surface area contributed by atoms with E-state index >= 15 is 0 Å². The Morgan fingerprint density at radius 1 is 1.12 bits per heavy atom. The summed E-state index contributed by atoms with van der Waals surface area (Å²) in [7, 11) is 0. The number of aromatic hydroxyl groups is 2. The SMILES string of the molecule is O=C(NC[C@@]12CC[C@@]3(O1)[C@H]1Cc4ccc(O)cc4[C@@]3(CCN1CC1CC1)C2)c1ccccc1O. The summed E-state index contributed by atoms with van der Waals surface area (Å²) in [5.41, 5.74) is 2.11. The Kier molecular flexibility index (Phi) is 4.27. The van der Waals surface area contributed by atoms with Crippen LogP contribution in [0.4, 0.5) is 0 Å². The summed E-state index contributed by atoms with van der Waals surface area (Å²) in [4.78, 5) is 15.6. The Hall–Kier alpha value is -2.57. The summed E-state index contributed by atoms with van der Waals surface area (Å²) >= 11 is 0. The molecule has 2 aromatic rings. The number of ether oxygens (including phenoxy) is 1. The maximum Gasteiger partial charge on any atom is 0.255 e. The number of nitrogens with zero attached hydrogens (tertiary/aromatic N) is 1. The monoisotopic (exact) mass is 460 g/mol. The zero-order chi connectivity index (χ0) is 23.1. The lowest BCUT2D eigenvalue weighted by molar-refractivity contribution is -0.139. The van der Waals surface area contributed by atoms with Crippen molar-refractivity contribution in [2.75, 3.05) is 19.6 Å². The van der Waals surface area contributed by atoms with Crippen LogP contribution >= 0.6 is 0 Å². The number of hydrogen-bond acceptors (Lipinski definition) is 5. The van der Waals surface area contributed by atoms with Crippen LogP contribution in [0.3, 0.4) is 0 Å². The molecule has 3 N–H and O–H groups in total. The number of para-hydroxylation sites is 1. The van der Waals surface area contributed by atoms with Crippen LogP contribution < -0.4 is 5.32 Å². The van der Waals surface area contributed by atoms with Crippen molar-refractivity contribution in [3.8, 4) is 11.5 Å². The predicted octanol–water partition coefficient (Wildman–Crippen LogP) is 3.50. The maximum absolute atomic E-state index is 12.9. The minimum atomic E-state index is -0.416. The number of hydrogen-bond donors (Lipinski definition) is 3. The van der Waals surface area contributed by atoms with Crippen molar-refractivity contribution in [3.63, 3.8) is 0 Å². The Balaban J connectivity index is 1.23. The number of nitrogens with one attached hydrogen (secondary N) is 1. The minimum absolute atomic E-state index is 0.00373. The molecule has 6 nitrogen and oxygen atoms in total. The Labute approximate surface area is 199 Å². The first-order chi connectivity index (χ1) is 16.4. The van der Waals surface area contributed by atoms with E-state index < -0.39 is 5.60 Å². The van der Waals surface area contributed by atoms with Gasteiger partial charge in [0.15, 0.2) is 0 Å². The van der Waals surface area contributed by atoms with Crippen LogP contribution in [0, 0.1) is 5.92 Å². The van der Waals surface area contributed by atoms with Crippen molar-refractivity contribution in [2.45, 2.75) is 67.6 Å². The van der Waals surface area contributed by atoms with Crippen LogP contribution in [-0.4, -0.2) is 57.9 Å². The van der Waals surface area contributed by atoms with E-state index in [2.05, 4.69) is 16.3 Å². The fourth-order valence-corrected chi connectivity index (χ4v) is 7.89. The lowest BCUT2D eigenvalue weighted by Crippen LogP contribution is -2.69. The molecule has 4 atom stereocenters. The Bertz CT molecular complexity index is 1180. The molecule has 0 radical (unpaired) electrons. The van der Waals surface area contributed by atoms with Crippen LogP contribution in [-0.2, 0) is 16.6 Å². The van der Waals surface area contributed by atoms with E-state index in [4.69, 9.17) is 4.74 Å². The third-order valence-electron chi connectivity index (χ3n) is 9.52. The van der Waals surface area contributed by atoms with Crippen molar-refractivity contribution < 1.29 is 19.7 Å². The van der Waals surface area contributed by atoms with E-state index in [9.17, 15) is 15.0 Å². The van der Waals surface area contributed by atoms with Crippen molar-refractivity contribution in [1.29, 1.82) is 0 Å². The number of amides is 1. The van der Waals surface area contributed by atoms with Gasteiger partial charge in [0.2, 0.25) is 0 Å². The lowest BCUT2D eigenvalue weighted by Gasteiger charge is -2.60. The summed E-state index contributed by atoms with van der Waals surface area (Å²) in [5, 5.41) is 23.6. The van der Waals surface area contributed by atoms with E-state index in [1.807, 2.05) is 12.1 Å². The third kappa shape index (κ3) is 2.78. The van der Waals surface area contributed by atoms with Gasteiger partial charge in [-0.15, -0.1) is 0 Å². The first-order valence-electron chi connectivity index (χ1n) is 12.8. The molecule has 5 aliphatic rings. The number of phenols is 2. The second-order valence-corrected chi connectivity index (χ2v) is 11.4. The molecule has 34 heavy (non-hydrogen) atoms. The molecule has 3 saturated heterocycles. The molecular weight excluding hydrogens is 428 g/mol. The molecular formula is C28H32N2O4. The van der Waals surface area contributed by atoms with E-state index in [1.165, 1.54) is 24.0 Å². The zero-order valence-corrected chi connectivity index (χ0v) is 19.4. The van der Waals surface area contributed by atoms with Crippen molar-refractivity contribution in [2.24, 2.45) is 5.92 Å². The molecule has 2 aromatic carbocycles. The van der Waals surface area contributed by atoms with Gasteiger partial charge in [0.05, 0.1) is 16.8 Å². The number of rotatable bonds is 5. The quantitative estimate of drug-likeness (QED) is 0.636. The van der Waals surface area contributed by atoms with Gasteiger partial charge in [0, 0.05) is 24.5 Å². The number of benzene rings is 2. The highest BCUT2D eigenvalue weighted by Gasteiger charge is 2.75. The van der Waals surface area contributed by atoms with Gasteiger partial charge in [-0.25, -0.2) is 0 Å². The molecule has 1 saturated carbocycles. The summed E-state index contributed by atoms with van der Waals surface area (Å²) in [6.45, 7) is 2.67. The summed E-state index contributed by atoms with van der Waals surface area (Å²) < 4.78 is 7.15. The third-order valence-corrected chi connectivity index (χ3v) is 9.52. The molecule has 1 spiro atoms. The molecule has 3 heterocycles. The second-order valence-electron chi connectivity index (χ2n) is 11.4. The van der Waals surface area contributed by atoms with E-state index in [0.29, 0.717) is 23.9 Å². The van der Waals surface area contributed by atoms with Crippen molar-refractivity contribution >= 4 is 5.91 Å². The van der Waals surface area contributed by atoms with Gasteiger partial charge in [-0.05, 0) is 92.8 Å². The fraction of sp³-hybridized carbons (Fsp3) is 0.536. The highest BCUT2D eigenvalue weighted by molar-refractivity contribution is 5.96. The van der Waals surface area contributed by atoms with E-state index in [0.717, 1.165) is 51.1 Å². The molecule has 1 amide bonds. The predicted molar refractivity (Wildman–Crippen MR) is 127 cm³/mol. The standard InChI is InChI=1S/C28H32N2O4/c31-20-8-7-19-13-24-28-10-9-26(34-28,17-29-25(33)21-3-1-2-4-23(21)32)16-27(28,22(19)14-20)11-12-30(24)15-18-5-6-18/h1-4,7-8,14,18,24,31-32H,5-6,9-13,15-17H2,(H,29,33)/t24-,26+,27-,28-/m1/s1. The van der Waals surface area contributed by atoms with Crippen LogP contribution in [0.5, 0.6) is 11.5 Å². The largest absolute Gasteiger partial charge is 0.508 e. The highest BCUT2D eigenvalue weighted by atomic mass is 16.5. The summed E-state index contributed by atoms with van der Waals surface area (Å²) in [6, 6.07) is 12.9. The van der Waals surface area contributed by atoms with Crippen molar-refractivity contribution in [3.05, 3.63) is 59.2 Å². The number of carbonyl (C=O) groups is 1. The van der Waals surface area contributed by atoms with Crippen LogP contribution in [0.25, 0.3) is 0 Å². The second kappa shape index (κ2) is 6.98. The van der Waals surface area contributed by atoms with Crippen LogP contribution in [0.2, 0.25) is 0 Å². The summed E-state index contributed by atoms with van der Waals surface area (Å²) in [5.74, 6) is 0.888. The first kappa shape index (κ1) is 20.8. The number of carbonyl (C=O) groups excluding carboxylic acids is 1. The Morgan fingerprint density at radius 3 is 2.79 bits per heavy atom. The van der Waals surface area contributed by atoms with Gasteiger partial charge in [0.25, 0.3) is 5.91 Å². The number of likely N-dealkylation sites (tertiary alicyclic amines) is 1. The van der Waals surface area contributed by atoms with Gasteiger partial charge in [-0.1, -0.05) is 18.2 Å². The molecule has 0 aromatic heterocycles. The minimum Gasteiger partial charge on any atom is -0.508 e. The molecule has 178 valence electrons. The molecule has 7 rings (SSSR count). The van der Waals surface area contributed by atoms with Gasteiger partial charge in [-0.2, -0.15) is 0 Å². The summed E-state index contributed by atoms with van der Waals surface area (Å²) in [6.07, 6.45) is 7.46. The smallest absolute Gasteiger partial charge is 0.255 e. The highest BCUT2D eigenvalue weighted by Crippen LogP contribution is 2.69. The van der Waals surface area contributed by atoms with Gasteiger partial charge in [0.1, 0.15) is 11.5 Å². The molecule has 6 heteroatoms. The van der Waals surface area contributed by atoms with Gasteiger partial charge >= 0.3 is 0 Å². The van der Waals surface area contributed by atoms with Crippen LogP contribution in [0.15, 0.2) is 42.5 Å². The van der Waals surface area contributed by atoms with Gasteiger partial charge in [-0.3, -0.25) is 9.69 Å². The van der Waals surface area contributed by atoms with Crippen LogP contribution in [0.1, 0.15) is 60.0 Å². The molecule has 2 aliphatic carbocycles. The molecule has 4 fully saturated rings. The molecule has 3 aliphatic heterocycles. The van der Waals surface area contributed by atoms with E-state index in [1.54, 1.807) is 24.3 Å². The topological polar surface area (TPSA) is 82.0 Å². The lowest BCUT2D eigenvalue weighted by atomic mass is 9.50. The average molecular weight is 461 g/mol. The number of piperidine rings is 1. The molecule has 0 unspecified atom stereocenters. The Morgan fingerprint density at radius 2 is 1.97 bits per heavy atom. The van der Waals surface area contributed by atoms with E-state index in [-0.39, 0.29) is 22.7 Å².